The van der Waals surface area contributed by atoms with Gasteiger partial charge in [-0.2, -0.15) is 5.10 Å². The molecular weight excluding hydrogens is 472 g/mol. The van der Waals surface area contributed by atoms with Gasteiger partial charge in [-0.05, 0) is 52.3 Å². The lowest BCUT2D eigenvalue weighted by Gasteiger charge is -2.10. The molecule has 1 aromatic carbocycles. The number of pyridine rings is 1. The van der Waals surface area contributed by atoms with Crippen LogP contribution in [-0.2, 0) is 9.84 Å². The highest BCUT2D eigenvalue weighted by atomic mass is 79.9. The first-order chi connectivity index (χ1) is 14.4. The Balaban J connectivity index is 1.88. The molecule has 0 radical (unpaired) electrons. The molecule has 0 spiro atoms. The predicted molar refractivity (Wildman–Crippen MR) is 114 cm³/mol. The molecule has 3 heterocycles. The first kappa shape index (κ1) is 20.2. The normalized spacial score (nSPS) is 11.6. The van der Waals surface area contributed by atoms with Crippen molar-refractivity contribution in [2.45, 2.75) is 11.8 Å². The van der Waals surface area contributed by atoms with E-state index in [-0.39, 0.29) is 16.3 Å². The highest BCUT2D eigenvalue weighted by Gasteiger charge is 2.24. The SMILES string of the molecule is CCS(=O)(=O)c1ccc(-n2cncn2)nc1-c1ncn(-c2ccc(OC)cc2)c1Br. The van der Waals surface area contributed by atoms with E-state index in [2.05, 4.69) is 36.0 Å². The number of halogens is 1. The smallest absolute Gasteiger partial charge is 0.180 e. The molecule has 4 aromatic rings. The van der Waals surface area contributed by atoms with E-state index in [1.165, 1.54) is 23.4 Å². The van der Waals surface area contributed by atoms with E-state index in [0.717, 1.165) is 11.4 Å². The molecule has 154 valence electrons. The Morgan fingerprint density at radius 3 is 2.47 bits per heavy atom. The van der Waals surface area contributed by atoms with Crippen LogP contribution in [0.4, 0.5) is 0 Å². The maximum atomic E-state index is 12.7. The summed E-state index contributed by atoms with van der Waals surface area (Å²) in [6, 6.07) is 10.5. The van der Waals surface area contributed by atoms with Gasteiger partial charge in [0.05, 0.1) is 17.8 Å². The molecule has 0 fully saturated rings. The molecule has 9 nitrogen and oxygen atoms in total. The number of sulfone groups is 1. The highest BCUT2D eigenvalue weighted by molar-refractivity contribution is 9.10. The van der Waals surface area contributed by atoms with Gasteiger partial charge in [0.2, 0.25) is 0 Å². The zero-order valence-corrected chi connectivity index (χ0v) is 18.5. The summed E-state index contributed by atoms with van der Waals surface area (Å²) >= 11 is 3.56. The maximum Gasteiger partial charge on any atom is 0.180 e. The van der Waals surface area contributed by atoms with Crippen molar-refractivity contribution >= 4 is 25.8 Å². The quantitative estimate of drug-likeness (QED) is 0.410. The third-order valence-electron chi connectivity index (χ3n) is 4.50. The van der Waals surface area contributed by atoms with Gasteiger partial charge in [-0.25, -0.2) is 28.1 Å². The van der Waals surface area contributed by atoms with E-state index in [4.69, 9.17) is 4.74 Å². The second-order valence-electron chi connectivity index (χ2n) is 6.21. The average Bonchev–Trinajstić information content (AvgIpc) is 3.43. The lowest BCUT2D eigenvalue weighted by atomic mass is 10.2. The molecule has 3 aromatic heterocycles. The molecule has 0 saturated carbocycles. The number of rotatable bonds is 6. The molecule has 0 aliphatic rings. The molecule has 0 atom stereocenters. The van der Waals surface area contributed by atoms with Crippen LogP contribution >= 0.6 is 15.9 Å². The van der Waals surface area contributed by atoms with Gasteiger partial charge in [-0.3, -0.25) is 4.57 Å². The van der Waals surface area contributed by atoms with E-state index in [9.17, 15) is 8.42 Å². The topological polar surface area (TPSA) is 105 Å². The number of benzene rings is 1. The molecule has 0 unspecified atom stereocenters. The molecule has 11 heteroatoms. The predicted octanol–water partition coefficient (Wildman–Crippen LogP) is 3.08. The summed E-state index contributed by atoms with van der Waals surface area (Å²) in [4.78, 5) is 13.0. The summed E-state index contributed by atoms with van der Waals surface area (Å²) in [6.07, 6.45) is 4.48. The van der Waals surface area contributed by atoms with Gasteiger partial charge in [0, 0.05) is 5.69 Å². The second kappa shape index (κ2) is 8.00. The second-order valence-corrected chi connectivity index (χ2v) is 9.21. The molecule has 0 aliphatic carbocycles. The Bertz CT molecular complexity index is 1280. The largest absolute Gasteiger partial charge is 0.497 e. The summed E-state index contributed by atoms with van der Waals surface area (Å²) in [6.45, 7) is 1.59. The number of ether oxygens (including phenoxy) is 1. The maximum absolute atomic E-state index is 12.7. The average molecular weight is 489 g/mol. The van der Waals surface area contributed by atoms with Gasteiger partial charge < -0.3 is 4.74 Å². The minimum absolute atomic E-state index is 0.0544. The molecule has 0 saturated heterocycles. The van der Waals surface area contributed by atoms with Crippen LogP contribution in [-0.4, -0.2) is 50.6 Å². The number of nitrogens with zero attached hydrogens (tertiary/aromatic N) is 6. The standard InChI is InChI=1S/C19H17BrN6O3S/c1-3-30(27,28)15-8-9-16(26-11-21-10-23-26)24-17(15)18-19(20)25(12-22-18)13-4-6-14(29-2)7-5-13/h4-12H,3H2,1-2H3. The van der Waals surface area contributed by atoms with Crippen molar-refractivity contribution in [1.82, 2.24) is 29.3 Å². The summed E-state index contributed by atoms with van der Waals surface area (Å²) < 4.78 is 34.4. The Morgan fingerprint density at radius 2 is 1.83 bits per heavy atom. The van der Waals surface area contributed by atoms with Gasteiger partial charge in [0.1, 0.15) is 40.7 Å². The molecule has 30 heavy (non-hydrogen) atoms. The van der Waals surface area contributed by atoms with Gasteiger partial charge in [-0.15, -0.1) is 0 Å². The van der Waals surface area contributed by atoms with Gasteiger partial charge in [0.15, 0.2) is 15.7 Å². The fourth-order valence-corrected chi connectivity index (χ4v) is 4.49. The van der Waals surface area contributed by atoms with Crippen molar-refractivity contribution in [3.05, 3.63) is 60.0 Å². The zero-order chi connectivity index (χ0) is 21.3. The summed E-state index contributed by atoms with van der Waals surface area (Å²) in [7, 11) is -1.94. The van der Waals surface area contributed by atoms with Crippen molar-refractivity contribution in [3.63, 3.8) is 0 Å². The van der Waals surface area contributed by atoms with E-state index in [0.29, 0.717) is 16.1 Å². The lowest BCUT2D eigenvalue weighted by Crippen LogP contribution is -2.09. The number of imidazole rings is 1. The van der Waals surface area contributed by atoms with Gasteiger partial charge in [-0.1, -0.05) is 6.92 Å². The third kappa shape index (κ3) is 3.61. The van der Waals surface area contributed by atoms with Gasteiger partial charge >= 0.3 is 0 Å². The van der Waals surface area contributed by atoms with Crippen molar-refractivity contribution in [2.24, 2.45) is 0 Å². The minimum atomic E-state index is -3.54. The van der Waals surface area contributed by atoms with Crippen molar-refractivity contribution in [3.8, 4) is 28.6 Å². The number of hydrogen-bond donors (Lipinski definition) is 0. The number of hydrogen-bond acceptors (Lipinski definition) is 7. The van der Waals surface area contributed by atoms with Crippen LogP contribution in [0.3, 0.4) is 0 Å². The molecule has 0 aliphatic heterocycles. The summed E-state index contributed by atoms with van der Waals surface area (Å²) in [5, 5.41) is 4.07. The summed E-state index contributed by atoms with van der Waals surface area (Å²) in [5.41, 5.74) is 1.47. The van der Waals surface area contributed by atoms with Crippen LogP contribution < -0.4 is 4.74 Å². The third-order valence-corrected chi connectivity index (χ3v) is 7.01. The van der Waals surface area contributed by atoms with Crippen molar-refractivity contribution in [2.75, 3.05) is 12.9 Å². The van der Waals surface area contributed by atoms with E-state index in [1.807, 2.05) is 24.3 Å². The number of methoxy groups -OCH3 is 1. The lowest BCUT2D eigenvalue weighted by molar-refractivity contribution is 0.414. The van der Waals surface area contributed by atoms with Crippen molar-refractivity contribution < 1.29 is 13.2 Å². The van der Waals surface area contributed by atoms with E-state index < -0.39 is 9.84 Å². The molecular formula is C19H17BrN6O3S. The monoisotopic (exact) mass is 488 g/mol. The van der Waals surface area contributed by atoms with Crippen LogP contribution in [0.25, 0.3) is 22.9 Å². The van der Waals surface area contributed by atoms with Crippen LogP contribution in [0, 0.1) is 0 Å². The van der Waals surface area contributed by atoms with Crippen molar-refractivity contribution in [1.29, 1.82) is 0 Å². The molecule has 0 N–H and O–H groups in total. The molecule has 0 amide bonds. The van der Waals surface area contributed by atoms with Gasteiger partial charge in [0.25, 0.3) is 0 Å². The first-order valence-electron chi connectivity index (χ1n) is 8.91. The Labute approximate surface area is 181 Å². The van der Waals surface area contributed by atoms with Crippen LogP contribution in [0.2, 0.25) is 0 Å². The zero-order valence-electron chi connectivity index (χ0n) is 16.1. The summed E-state index contributed by atoms with van der Waals surface area (Å²) in [5.74, 6) is 1.11. The fraction of sp³-hybridized carbons (Fsp3) is 0.158. The highest BCUT2D eigenvalue weighted by Crippen LogP contribution is 2.33. The van der Waals surface area contributed by atoms with E-state index in [1.54, 1.807) is 31.0 Å². The first-order valence-corrected chi connectivity index (χ1v) is 11.4. The fourth-order valence-electron chi connectivity index (χ4n) is 2.88. The Kier molecular flexibility index (Phi) is 5.39. The Hall–Kier alpha value is -3.05. The molecule has 0 bridgehead atoms. The Morgan fingerprint density at radius 1 is 1.07 bits per heavy atom. The number of aromatic nitrogens is 6. The molecule has 4 rings (SSSR count). The van der Waals surface area contributed by atoms with E-state index >= 15 is 0 Å². The van der Waals surface area contributed by atoms with Crippen LogP contribution in [0.5, 0.6) is 5.75 Å². The van der Waals surface area contributed by atoms with Crippen LogP contribution in [0.1, 0.15) is 6.92 Å². The minimum Gasteiger partial charge on any atom is -0.497 e. The van der Waals surface area contributed by atoms with Crippen LogP contribution in [0.15, 0.2) is 64.9 Å².